The molecule has 12 nitrogen and oxygen atoms in total. The summed E-state index contributed by atoms with van der Waals surface area (Å²) in [5.41, 5.74) is 2.87. The average Bonchev–Trinajstić information content (AvgIpc) is 3.77. The number of hydrogen-bond acceptors (Lipinski definition) is 12. The summed E-state index contributed by atoms with van der Waals surface area (Å²) in [5, 5.41) is 0. The van der Waals surface area contributed by atoms with Crippen molar-refractivity contribution in [1.29, 1.82) is 0 Å². The van der Waals surface area contributed by atoms with Crippen LogP contribution in [0.5, 0.6) is 0 Å². The maximum Gasteiger partial charge on any atom is 0.302 e. The van der Waals surface area contributed by atoms with Gasteiger partial charge in [-0.25, -0.2) is 0 Å². The van der Waals surface area contributed by atoms with Crippen molar-refractivity contribution in [1.82, 2.24) is 0 Å². The third kappa shape index (κ3) is 9.52. The van der Waals surface area contributed by atoms with Gasteiger partial charge in [-0.15, -0.1) is 0 Å². The van der Waals surface area contributed by atoms with E-state index in [-0.39, 0.29) is 33.0 Å². The zero-order valence-electron chi connectivity index (χ0n) is 30.9. The van der Waals surface area contributed by atoms with Crippen LogP contribution < -0.4 is 0 Å². The van der Waals surface area contributed by atoms with Gasteiger partial charge in [-0.2, -0.15) is 0 Å². The number of fused-ring (bicyclic) bond motifs is 1. The highest BCUT2D eigenvalue weighted by Gasteiger charge is 2.61. The largest absolute Gasteiger partial charge is 0.463 e. The minimum Gasteiger partial charge on any atom is -0.463 e. The van der Waals surface area contributed by atoms with Gasteiger partial charge in [-0.05, 0) is 44.4 Å². The summed E-state index contributed by atoms with van der Waals surface area (Å²) in [6.07, 6.45) is -7.37. The van der Waals surface area contributed by atoms with Crippen LogP contribution in [0, 0.1) is 0 Å². The number of carbonyl (C=O) groups excluding carboxylic acids is 1. The van der Waals surface area contributed by atoms with Gasteiger partial charge in [-0.1, -0.05) is 91.0 Å². The Bertz CT molecular complexity index is 1600. The first-order valence-electron chi connectivity index (χ1n) is 18.3. The van der Waals surface area contributed by atoms with Gasteiger partial charge in [0.05, 0.1) is 26.4 Å². The predicted octanol–water partition coefficient (Wildman–Crippen LogP) is 5.44. The van der Waals surface area contributed by atoms with Crippen LogP contribution in [0.3, 0.4) is 0 Å². The summed E-state index contributed by atoms with van der Waals surface area (Å²) in [6.45, 7) is 9.65. The quantitative estimate of drug-likeness (QED) is 0.196. The molecule has 0 amide bonds. The van der Waals surface area contributed by atoms with Gasteiger partial charge in [0.15, 0.2) is 24.2 Å². The summed E-state index contributed by atoms with van der Waals surface area (Å²) in [4.78, 5) is 12.2. The smallest absolute Gasteiger partial charge is 0.302 e. The number of hydrogen-bond donors (Lipinski definition) is 0. The second kappa shape index (κ2) is 16.6. The molecule has 10 atom stereocenters. The molecule has 0 aliphatic carbocycles. The van der Waals surface area contributed by atoms with Gasteiger partial charge in [0, 0.05) is 6.92 Å². The van der Waals surface area contributed by atoms with Gasteiger partial charge >= 0.3 is 5.97 Å². The van der Waals surface area contributed by atoms with E-state index in [1.54, 1.807) is 0 Å². The zero-order valence-corrected chi connectivity index (χ0v) is 30.9. The maximum absolute atomic E-state index is 12.2. The molecule has 0 aromatic heterocycles. The van der Waals surface area contributed by atoms with Gasteiger partial charge in [0.1, 0.15) is 55.4 Å². The van der Waals surface area contributed by atoms with Crippen LogP contribution in [0.25, 0.3) is 0 Å². The molecule has 286 valence electrons. The highest BCUT2D eigenvalue weighted by molar-refractivity contribution is 5.65. The second-order valence-corrected chi connectivity index (χ2v) is 14.7. The molecule has 0 N–H and O–H groups in total. The van der Waals surface area contributed by atoms with Crippen molar-refractivity contribution in [3.05, 3.63) is 108 Å². The lowest BCUT2D eigenvalue weighted by atomic mass is 9.97. The summed E-state index contributed by atoms with van der Waals surface area (Å²) < 4.78 is 70.8. The summed E-state index contributed by atoms with van der Waals surface area (Å²) in [5.74, 6) is -2.18. The lowest BCUT2D eigenvalue weighted by molar-refractivity contribution is -0.344. The second-order valence-electron chi connectivity index (χ2n) is 14.7. The van der Waals surface area contributed by atoms with E-state index >= 15 is 0 Å². The molecule has 0 unspecified atom stereocenters. The molecule has 4 fully saturated rings. The van der Waals surface area contributed by atoms with Gasteiger partial charge in [0.25, 0.3) is 0 Å². The molecule has 4 saturated heterocycles. The molecule has 4 heterocycles. The third-order valence-corrected chi connectivity index (χ3v) is 9.61. The van der Waals surface area contributed by atoms with Crippen LogP contribution in [0.4, 0.5) is 0 Å². The monoisotopic (exact) mass is 734 g/mol. The fourth-order valence-corrected chi connectivity index (χ4v) is 7.18. The lowest BCUT2D eigenvalue weighted by Gasteiger charge is -2.46. The molecular weight excluding hydrogens is 684 g/mol. The summed E-state index contributed by atoms with van der Waals surface area (Å²) >= 11 is 0. The Morgan fingerprint density at radius 2 is 1.19 bits per heavy atom. The van der Waals surface area contributed by atoms with Gasteiger partial charge < -0.3 is 52.1 Å². The van der Waals surface area contributed by atoms with E-state index in [9.17, 15) is 4.79 Å². The van der Waals surface area contributed by atoms with Crippen LogP contribution >= 0.6 is 0 Å². The van der Waals surface area contributed by atoms with Crippen molar-refractivity contribution in [2.24, 2.45) is 0 Å². The van der Waals surface area contributed by atoms with E-state index in [4.69, 9.17) is 52.1 Å². The molecule has 7 rings (SSSR count). The average molecular weight is 735 g/mol. The molecule has 3 aromatic carbocycles. The van der Waals surface area contributed by atoms with Crippen molar-refractivity contribution < 1.29 is 56.9 Å². The fraction of sp³-hybridized carbons (Fsp3) is 0.537. The summed E-state index contributed by atoms with van der Waals surface area (Å²) in [7, 11) is 0. The standard InChI is InChI=1S/C41H50O12/c1-26(42)43-24-30-32(44-21-27-15-9-6-10-16-27)34(45-22-28-17-11-7-12-18-28)36(46-23-29-19-13-8-14-20-29)38(48-30)50-35-33(31-25-47-40(2,3)51-31)49-39-37(35)52-41(4,5)53-39/h6-20,30-39H,21-25H2,1-5H3/t30-,31-,32-,33-,34+,35+,36-,37-,38-,39-/m1/s1. The first-order valence-corrected chi connectivity index (χ1v) is 18.3. The molecule has 0 spiro atoms. The number of benzene rings is 3. The van der Waals surface area contributed by atoms with E-state index in [0.717, 1.165) is 16.7 Å². The van der Waals surface area contributed by atoms with Crippen LogP contribution in [0.2, 0.25) is 0 Å². The molecule has 0 radical (unpaired) electrons. The lowest BCUT2D eigenvalue weighted by Crippen LogP contribution is -2.63. The molecule has 3 aromatic rings. The Balaban J connectivity index is 1.24. The fourth-order valence-electron chi connectivity index (χ4n) is 7.18. The first-order chi connectivity index (χ1) is 25.5. The van der Waals surface area contributed by atoms with Crippen LogP contribution in [-0.4, -0.2) is 92.2 Å². The van der Waals surface area contributed by atoms with E-state index < -0.39 is 79.0 Å². The Kier molecular flexibility index (Phi) is 11.9. The number of esters is 1. The number of ether oxygens (including phenoxy) is 11. The molecule has 4 aliphatic heterocycles. The Hall–Kier alpha value is -3.27. The van der Waals surface area contributed by atoms with Crippen molar-refractivity contribution in [2.75, 3.05) is 13.2 Å². The topological polar surface area (TPSA) is 119 Å². The minimum absolute atomic E-state index is 0.109. The van der Waals surface area contributed by atoms with Crippen molar-refractivity contribution in [2.45, 2.75) is 127 Å². The van der Waals surface area contributed by atoms with Crippen molar-refractivity contribution in [3.8, 4) is 0 Å². The first kappa shape index (κ1) is 38.0. The predicted molar refractivity (Wildman–Crippen MR) is 189 cm³/mol. The van der Waals surface area contributed by atoms with Crippen molar-refractivity contribution in [3.63, 3.8) is 0 Å². The van der Waals surface area contributed by atoms with Gasteiger partial charge in [0.2, 0.25) is 0 Å². The normalized spacial score (nSPS) is 33.1. The molecule has 12 heteroatoms. The number of carbonyl (C=O) groups is 1. The number of rotatable bonds is 14. The zero-order chi connectivity index (χ0) is 37.0. The molecule has 0 saturated carbocycles. The molecule has 0 bridgehead atoms. The SMILES string of the molecule is CC(=O)OC[C@H]1O[C@H](O[C@@H]2[C@H]3OC(C)(C)O[C@H]3O[C@@H]2[C@H]2COC(C)(C)O2)[C@H](OCc2ccccc2)[C@@H](OCc2ccccc2)[C@@H]1OCc1ccccc1. The van der Waals surface area contributed by atoms with E-state index in [1.807, 2.05) is 119 Å². The van der Waals surface area contributed by atoms with E-state index in [1.165, 1.54) is 6.92 Å². The summed E-state index contributed by atoms with van der Waals surface area (Å²) in [6, 6.07) is 29.5. The molecule has 4 aliphatic rings. The molecular formula is C41H50O12. The van der Waals surface area contributed by atoms with Crippen molar-refractivity contribution >= 4 is 5.97 Å². The van der Waals surface area contributed by atoms with E-state index in [2.05, 4.69) is 0 Å². The van der Waals surface area contributed by atoms with Crippen LogP contribution in [0.15, 0.2) is 91.0 Å². The highest BCUT2D eigenvalue weighted by Crippen LogP contribution is 2.43. The Morgan fingerprint density at radius 3 is 1.72 bits per heavy atom. The Labute approximate surface area is 310 Å². The van der Waals surface area contributed by atoms with E-state index in [0.29, 0.717) is 0 Å². The highest BCUT2D eigenvalue weighted by atomic mass is 16.9. The third-order valence-electron chi connectivity index (χ3n) is 9.61. The Morgan fingerprint density at radius 1 is 0.642 bits per heavy atom. The maximum atomic E-state index is 12.2. The van der Waals surface area contributed by atoms with Crippen LogP contribution in [-0.2, 0) is 76.7 Å². The minimum atomic E-state index is -1.06. The molecule has 53 heavy (non-hydrogen) atoms. The van der Waals surface area contributed by atoms with Gasteiger partial charge in [-0.3, -0.25) is 4.79 Å². The van der Waals surface area contributed by atoms with Crippen LogP contribution in [0.1, 0.15) is 51.3 Å².